The first-order valence-electron chi connectivity index (χ1n) is 6.24. The molecule has 2 aromatic rings. The fourth-order valence-electron chi connectivity index (χ4n) is 2.01. The third-order valence-electron chi connectivity index (χ3n) is 2.94. The van der Waals surface area contributed by atoms with Crippen LogP contribution in [-0.2, 0) is 6.42 Å². The molecule has 0 saturated heterocycles. The summed E-state index contributed by atoms with van der Waals surface area (Å²) in [6.45, 7) is 4.36. The number of unbranched alkanes of at least 4 members (excludes halogenated alkanes) is 3. The zero-order valence-corrected chi connectivity index (χ0v) is 10.2. The molecule has 2 rings (SSSR count). The molecule has 0 N–H and O–H groups in total. The van der Waals surface area contributed by atoms with Crippen molar-refractivity contribution in [3.8, 4) is 0 Å². The number of rotatable bonds is 5. The van der Waals surface area contributed by atoms with Crippen LogP contribution in [0.3, 0.4) is 0 Å². The van der Waals surface area contributed by atoms with Gasteiger partial charge in [0.25, 0.3) is 0 Å². The zero-order chi connectivity index (χ0) is 11.4. The van der Waals surface area contributed by atoms with Gasteiger partial charge in [0.1, 0.15) is 5.65 Å². The molecule has 2 nitrogen and oxygen atoms in total. The summed E-state index contributed by atoms with van der Waals surface area (Å²) >= 11 is 0. The lowest BCUT2D eigenvalue weighted by atomic mass is 10.1. The van der Waals surface area contributed by atoms with Gasteiger partial charge in [0.15, 0.2) is 0 Å². The minimum Gasteiger partial charge on any atom is -0.307 e. The standard InChI is InChI=1S/C14H20N2/c1-3-4-5-6-7-13-11-16-10-12(2)8-9-14(16)15-13/h8-11H,3-7H2,1-2H3. The number of hydrogen-bond acceptors (Lipinski definition) is 1. The highest BCUT2D eigenvalue weighted by Crippen LogP contribution is 2.10. The van der Waals surface area contributed by atoms with Gasteiger partial charge in [-0.2, -0.15) is 0 Å². The Bertz CT molecular complexity index is 457. The van der Waals surface area contributed by atoms with Crippen LogP contribution < -0.4 is 0 Å². The maximum absolute atomic E-state index is 4.61. The van der Waals surface area contributed by atoms with Crippen LogP contribution in [0.5, 0.6) is 0 Å². The molecule has 0 aliphatic carbocycles. The molecule has 0 saturated carbocycles. The minimum atomic E-state index is 1.07. The van der Waals surface area contributed by atoms with Gasteiger partial charge in [0, 0.05) is 12.4 Å². The van der Waals surface area contributed by atoms with E-state index in [2.05, 4.69) is 47.8 Å². The molecule has 0 aliphatic heterocycles. The van der Waals surface area contributed by atoms with Crippen molar-refractivity contribution < 1.29 is 0 Å². The fourth-order valence-corrected chi connectivity index (χ4v) is 2.01. The van der Waals surface area contributed by atoms with Crippen LogP contribution in [0, 0.1) is 6.92 Å². The van der Waals surface area contributed by atoms with Crippen LogP contribution in [-0.4, -0.2) is 9.38 Å². The van der Waals surface area contributed by atoms with E-state index in [1.165, 1.54) is 36.9 Å². The van der Waals surface area contributed by atoms with Crippen LogP contribution in [0.25, 0.3) is 5.65 Å². The molecular formula is C14H20N2. The van der Waals surface area contributed by atoms with Crippen molar-refractivity contribution in [1.82, 2.24) is 9.38 Å². The van der Waals surface area contributed by atoms with E-state index in [1.54, 1.807) is 0 Å². The summed E-state index contributed by atoms with van der Waals surface area (Å²) in [7, 11) is 0. The highest BCUT2D eigenvalue weighted by Gasteiger charge is 2.01. The number of nitrogens with zero attached hydrogens (tertiary/aromatic N) is 2. The predicted molar refractivity (Wildman–Crippen MR) is 67.8 cm³/mol. The van der Waals surface area contributed by atoms with E-state index in [-0.39, 0.29) is 0 Å². The zero-order valence-electron chi connectivity index (χ0n) is 10.2. The Morgan fingerprint density at radius 3 is 2.81 bits per heavy atom. The van der Waals surface area contributed by atoms with Crippen molar-refractivity contribution in [3.63, 3.8) is 0 Å². The van der Waals surface area contributed by atoms with Gasteiger partial charge < -0.3 is 4.40 Å². The second-order valence-electron chi connectivity index (χ2n) is 4.51. The summed E-state index contributed by atoms with van der Waals surface area (Å²) in [5.41, 5.74) is 3.57. The van der Waals surface area contributed by atoms with Crippen molar-refractivity contribution in [1.29, 1.82) is 0 Å². The Morgan fingerprint density at radius 2 is 2.00 bits per heavy atom. The third-order valence-corrected chi connectivity index (χ3v) is 2.94. The molecule has 2 heterocycles. The third kappa shape index (κ3) is 2.63. The largest absolute Gasteiger partial charge is 0.307 e. The number of aryl methyl sites for hydroxylation is 2. The van der Waals surface area contributed by atoms with E-state index >= 15 is 0 Å². The summed E-state index contributed by atoms with van der Waals surface area (Å²) in [6.07, 6.45) is 10.6. The molecule has 0 atom stereocenters. The molecule has 0 amide bonds. The quantitative estimate of drug-likeness (QED) is 0.695. The minimum absolute atomic E-state index is 1.07. The van der Waals surface area contributed by atoms with E-state index in [0.29, 0.717) is 0 Å². The lowest BCUT2D eigenvalue weighted by molar-refractivity contribution is 0.662. The fraction of sp³-hybridized carbons (Fsp3) is 0.500. The number of fused-ring (bicyclic) bond motifs is 1. The van der Waals surface area contributed by atoms with Gasteiger partial charge in [0.2, 0.25) is 0 Å². The number of pyridine rings is 1. The van der Waals surface area contributed by atoms with Crippen molar-refractivity contribution in [2.45, 2.75) is 46.0 Å². The molecule has 0 spiro atoms. The predicted octanol–water partition coefficient (Wildman–Crippen LogP) is 3.77. The molecule has 0 radical (unpaired) electrons. The van der Waals surface area contributed by atoms with Crippen LogP contribution >= 0.6 is 0 Å². The number of hydrogen-bond donors (Lipinski definition) is 0. The van der Waals surface area contributed by atoms with Gasteiger partial charge in [-0.3, -0.25) is 0 Å². The maximum Gasteiger partial charge on any atom is 0.136 e. The van der Waals surface area contributed by atoms with Gasteiger partial charge in [-0.15, -0.1) is 0 Å². The molecule has 0 fully saturated rings. The summed E-state index contributed by atoms with van der Waals surface area (Å²) in [5, 5.41) is 0. The molecule has 0 aliphatic rings. The highest BCUT2D eigenvalue weighted by atomic mass is 15.0. The average molecular weight is 216 g/mol. The molecule has 0 unspecified atom stereocenters. The van der Waals surface area contributed by atoms with E-state index in [1.807, 2.05) is 0 Å². The first-order valence-corrected chi connectivity index (χ1v) is 6.24. The van der Waals surface area contributed by atoms with Gasteiger partial charge >= 0.3 is 0 Å². The smallest absolute Gasteiger partial charge is 0.136 e. The van der Waals surface area contributed by atoms with Crippen LogP contribution in [0.2, 0.25) is 0 Å². The Labute approximate surface area is 97.3 Å². The monoisotopic (exact) mass is 216 g/mol. The van der Waals surface area contributed by atoms with Crippen molar-refractivity contribution >= 4 is 5.65 Å². The van der Waals surface area contributed by atoms with Gasteiger partial charge in [-0.05, 0) is 31.4 Å². The van der Waals surface area contributed by atoms with Gasteiger partial charge in [-0.25, -0.2) is 4.98 Å². The first kappa shape index (κ1) is 11.2. The van der Waals surface area contributed by atoms with Crippen LogP contribution in [0.15, 0.2) is 24.5 Å². The topological polar surface area (TPSA) is 17.3 Å². The summed E-state index contributed by atoms with van der Waals surface area (Å²) in [5.74, 6) is 0. The van der Waals surface area contributed by atoms with E-state index in [9.17, 15) is 0 Å². The van der Waals surface area contributed by atoms with E-state index in [0.717, 1.165) is 12.1 Å². The summed E-state index contributed by atoms with van der Waals surface area (Å²) in [6, 6.07) is 4.20. The molecule has 86 valence electrons. The van der Waals surface area contributed by atoms with Crippen molar-refractivity contribution in [2.24, 2.45) is 0 Å². The Morgan fingerprint density at radius 1 is 1.12 bits per heavy atom. The molecule has 16 heavy (non-hydrogen) atoms. The Balaban J connectivity index is 2.02. The first-order chi connectivity index (χ1) is 7.79. The lowest BCUT2D eigenvalue weighted by Crippen LogP contribution is -1.85. The second kappa shape index (κ2) is 5.15. The van der Waals surface area contributed by atoms with Crippen LogP contribution in [0.4, 0.5) is 0 Å². The van der Waals surface area contributed by atoms with Gasteiger partial charge in [-0.1, -0.05) is 32.3 Å². The van der Waals surface area contributed by atoms with E-state index < -0.39 is 0 Å². The normalized spacial score (nSPS) is 11.1. The summed E-state index contributed by atoms with van der Waals surface area (Å²) < 4.78 is 2.13. The Hall–Kier alpha value is -1.31. The highest BCUT2D eigenvalue weighted by molar-refractivity contribution is 5.41. The molecular weight excluding hydrogens is 196 g/mol. The average Bonchev–Trinajstić information content (AvgIpc) is 2.66. The second-order valence-corrected chi connectivity index (χ2v) is 4.51. The van der Waals surface area contributed by atoms with Crippen LogP contribution in [0.1, 0.15) is 43.9 Å². The summed E-state index contributed by atoms with van der Waals surface area (Å²) in [4.78, 5) is 4.61. The van der Waals surface area contributed by atoms with Crippen molar-refractivity contribution in [3.05, 3.63) is 35.8 Å². The lowest BCUT2D eigenvalue weighted by Gasteiger charge is -1.95. The molecule has 0 bridgehead atoms. The van der Waals surface area contributed by atoms with Crippen molar-refractivity contribution in [2.75, 3.05) is 0 Å². The molecule has 2 aromatic heterocycles. The van der Waals surface area contributed by atoms with E-state index in [4.69, 9.17) is 0 Å². The number of imidazole rings is 1. The number of aromatic nitrogens is 2. The van der Waals surface area contributed by atoms with Gasteiger partial charge in [0.05, 0.1) is 5.69 Å². The maximum atomic E-state index is 4.61. The SMILES string of the molecule is CCCCCCc1cn2cc(C)ccc2n1. The Kier molecular flexibility index (Phi) is 3.60. The molecule has 0 aromatic carbocycles. The molecule has 2 heteroatoms.